The number of aromatic nitrogens is 2. The van der Waals surface area contributed by atoms with Crippen LogP contribution in [0.1, 0.15) is 18.5 Å². The maximum atomic E-state index is 12.3. The van der Waals surface area contributed by atoms with Crippen molar-refractivity contribution in [2.24, 2.45) is 0 Å². The molecule has 0 radical (unpaired) electrons. The first-order chi connectivity index (χ1) is 11.5. The Morgan fingerprint density at radius 3 is 2.75 bits per heavy atom. The minimum atomic E-state index is -0.464. The second kappa shape index (κ2) is 6.49. The van der Waals surface area contributed by atoms with Crippen LogP contribution in [0, 0.1) is 10.1 Å². The van der Waals surface area contributed by atoms with E-state index in [0.717, 1.165) is 10.9 Å². The average Bonchev–Trinajstić information content (AvgIpc) is 2.97. The Kier molecular flexibility index (Phi) is 4.24. The van der Waals surface area contributed by atoms with E-state index in [0.29, 0.717) is 5.52 Å². The minimum Gasteiger partial charge on any atom is -0.348 e. The number of non-ortho nitro benzene ring substituents is 1. The molecular formula is C17H16N4O3. The number of nitrogens with zero attached hydrogens (tertiary/aromatic N) is 3. The predicted octanol–water partition coefficient (Wildman–Crippen LogP) is 2.82. The molecular weight excluding hydrogens is 308 g/mol. The molecule has 0 saturated carbocycles. The lowest BCUT2D eigenvalue weighted by Crippen LogP contribution is -2.30. The van der Waals surface area contributed by atoms with E-state index < -0.39 is 4.92 Å². The fourth-order valence-electron chi connectivity index (χ4n) is 2.55. The van der Waals surface area contributed by atoms with Crippen LogP contribution in [-0.4, -0.2) is 20.6 Å². The summed E-state index contributed by atoms with van der Waals surface area (Å²) in [5.41, 5.74) is 1.54. The van der Waals surface area contributed by atoms with Crippen LogP contribution in [0.2, 0.25) is 0 Å². The van der Waals surface area contributed by atoms with Gasteiger partial charge in [-0.1, -0.05) is 30.3 Å². The highest BCUT2D eigenvalue weighted by atomic mass is 16.6. The second-order valence-corrected chi connectivity index (χ2v) is 5.50. The first-order valence-corrected chi connectivity index (χ1v) is 7.49. The Morgan fingerprint density at radius 1 is 1.29 bits per heavy atom. The van der Waals surface area contributed by atoms with Crippen molar-refractivity contribution in [3.63, 3.8) is 0 Å². The first-order valence-electron chi connectivity index (χ1n) is 7.49. The maximum Gasteiger partial charge on any atom is 0.271 e. The summed E-state index contributed by atoms with van der Waals surface area (Å²) in [6.45, 7) is 1.90. The van der Waals surface area contributed by atoms with Crippen LogP contribution >= 0.6 is 0 Å². The van der Waals surface area contributed by atoms with Crippen LogP contribution in [0.4, 0.5) is 5.69 Å². The molecule has 1 heterocycles. The summed E-state index contributed by atoms with van der Waals surface area (Å²) in [5, 5.41) is 18.7. The molecule has 1 amide bonds. The summed E-state index contributed by atoms with van der Waals surface area (Å²) in [5.74, 6) is -0.206. The Balaban J connectivity index is 1.76. The van der Waals surface area contributed by atoms with Gasteiger partial charge in [-0.15, -0.1) is 0 Å². The number of hydrogen-bond donors (Lipinski definition) is 1. The highest BCUT2D eigenvalue weighted by Crippen LogP contribution is 2.20. The zero-order valence-corrected chi connectivity index (χ0v) is 13.0. The lowest BCUT2D eigenvalue weighted by molar-refractivity contribution is -0.384. The second-order valence-electron chi connectivity index (χ2n) is 5.50. The molecule has 1 N–H and O–H groups in total. The Hall–Kier alpha value is -3.22. The number of benzene rings is 2. The maximum absolute atomic E-state index is 12.3. The van der Waals surface area contributed by atoms with E-state index in [9.17, 15) is 14.9 Å². The van der Waals surface area contributed by atoms with Gasteiger partial charge in [0.05, 0.1) is 22.7 Å². The lowest BCUT2D eigenvalue weighted by atomic mass is 10.1. The van der Waals surface area contributed by atoms with Gasteiger partial charge in [0, 0.05) is 17.5 Å². The SMILES string of the molecule is CC(NC(=O)Cn1ncc2ccc([N+](=O)[O-])cc21)c1ccccc1. The van der Waals surface area contributed by atoms with Crippen LogP contribution in [-0.2, 0) is 11.3 Å². The van der Waals surface area contributed by atoms with Gasteiger partial charge in [0.1, 0.15) is 6.54 Å². The Labute approximate surface area is 138 Å². The molecule has 3 aromatic rings. The molecule has 122 valence electrons. The van der Waals surface area contributed by atoms with E-state index in [-0.39, 0.29) is 24.2 Å². The van der Waals surface area contributed by atoms with Crippen molar-refractivity contribution in [1.29, 1.82) is 0 Å². The highest BCUT2D eigenvalue weighted by Gasteiger charge is 2.14. The number of carbonyl (C=O) groups excluding carboxylic acids is 1. The van der Waals surface area contributed by atoms with Gasteiger partial charge in [0.15, 0.2) is 0 Å². The van der Waals surface area contributed by atoms with Gasteiger partial charge >= 0.3 is 0 Å². The van der Waals surface area contributed by atoms with Gasteiger partial charge in [0.25, 0.3) is 5.69 Å². The number of amides is 1. The number of hydrogen-bond acceptors (Lipinski definition) is 4. The fourth-order valence-corrected chi connectivity index (χ4v) is 2.55. The molecule has 0 saturated heterocycles. The summed E-state index contributed by atoms with van der Waals surface area (Å²) in [7, 11) is 0. The topological polar surface area (TPSA) is 90.1 Å². The van der Waals surface area contributed by atoms with Crippen LogP contribution in [0.5, 0.6) is 0 Å². The standard InChI is InChI=1S/C17H16N4O3/c1-12(13-5-3-2-4-6-13)19-17(22)11-20-16-9-15(21(23)24)8-7-14(16)10-18-20/h2-10,12H,11H2,1H3,(H,19,22). The van der Waals surface area contributed by atoms with Crippen LogP contribution in [0.25, 0.3) is 10.9 Å². The normalized spacial score (nSPS) is 12.0. The molecule has 3 rings (SSSR count). The molecule has 0 fully saturated rings. The van der Waals surface area contributed by atoms with E-state index >= 15 is 0 Å². The summed E-state index contributed by atoms with van der Waals surface area (Å²) in [6.07, 6.45) is 1.59. The van der Waals surface area contributed by atoms with Crippen LogP contribution < -0.4 is 5.32 Å². The molecule has 24 heavy (non-hydrogen) atoms. The zero-order chi connectivity index (χ0) is 17.1. The molecule has 0 aliphatic heterocycles. The van der Waals surface area contributed by atoms with Crippen molar-refractivity contribution < 1.29 is 9.72 Å². The number of fused-ring (bicyclic) bond motifs is 1. The van der Waals surface area contributed by atoms with Crippen LogP contribution in [0.3, 0.4) is 0 Å². The number of nitrogens with one attached hydrogen (secondary N) is 1. The van der Waals surface area contributed by atoms with Crippen LogP contribution in [0.15, 0.2) is 54.7 Å². The summed E-state index contributed by atoms with van der Waals surface area (Å²) in [4.78, 5) is 22.7. The van der Waals surface area contributed by atoms with Crippen molar-refractivity contribution in [3.8, 4) is 0 Å². The van der Waals surface area contributed by atoms with Gasteiger partial charge in [0.2, 0.25) is 5.91 Å². The average molecular weight is 324 g/mol. The van der Waals surface area contributed by atoms with E-state index in [4.69, 9.17) is 0 Å². The fraction of sp³-hybridized carbons (Fsp3) is 0.176. The number of nitro groups is 1. The Bertz CT molecular complexity index is 889. The van der Waals surface area contributed by atoms with Crippen molar-refractivity contribution in [1.82, 2.24) is 15.1 Å². The molecule has 7 nitrogen and oxygen atoms in total. The molecule has 1 atom stereocenters. The summed E-state index contributed by atoms with van der Waals surface area (Å²) >= 11 is 0. The van der Waals surface area contributed by atoms with E-state index in [1.165, 1.54) is 16.8 Å². The van der Waals surface area contributed by atoms with Gasteiger partial charge in [-0.05, 0) is 18.6 Å². The molecule has 0 aliphatic carbocycles. The number of carbonyl (C=O) groups is 1. The smallest absolute Gasteiger partial charge is 0.271 e. The third kappa shape index (κ3) is 3.24. The molecule has 1 unspecified atom stereocenters. The molecule has 1 aromatic heterocycles. The van der Waals surface area contributed by atoms with Gasteiger partial charge in [-0.3, -0.25) is 19.6 Å². The van der Waals surface area contributed by atoms with E-state index in [2.05, 4.69) is 10.4 Å². The molecule has 0 bridgehead atoms. The molecule has 2 aromatic carbocycles. The molecule has 7 heteroatoms. The van der Waals surface area contributed by atoms with E-state index in [1.807, 2.05) is 37.3 Å². The molecule has 0 spiro atoms. The van der Waals surface area contributed by atoms with E-state index in [1.54, 1.807) is 12.3 Å². The van der Waals surface area contributed by atoms with Crippen molar-refractivity contribution >= 4 is 22.5 Å². The van der Waals surface area contributed by atoms with Crippen molar-refractivity contribution in [2.75, 3.05) is 0 Å². The van der Waals surface area contributed by atoms with Crippen molar-refractivity contribution in [3.05, 3.63) is 70.4 Å². The lowest BCUT2D eigenvalue weighted by Gasteiger charge is -2.14. The summed E-state index contributed by atoms with van der Waals surface area (Å²) < 4.78 is 1.47. The zero-order valence-electron chi connectivity index (χ0n) is 13.0. The molecule has 0 aliphatic rings. The largest absolute Gasteiger partial charge is 0.348 e. The van der Waals surface area contributed by atoms with Gasteiger partial charge < -0.3 is 5.32 Å². The number of nitro benzene ring substituents is 1. The van der Waals surface area contributed by atoms with Gasteiger partial charge in [-0.2, -0.15) is 5.10 Å². The minimum absolute atomic E-state index is 0.00183. The number of rotatable bonds is 5. The summed E-state index contributed by atoms with van der Waals surface area (Å²) in [6, 6.07) is 14.0. The predicted molar refractivity (Wildman–Crippen MR) is 89.4 cm³/mol. The van der Waals surface area contributed by atoms with Gasteiger partial charge in [-0.25, -0.2) is 0 Å². The Morgan fingerprint density at radius 2 is 2.04 bits per heavy atom. The quantitative estimate of drug-likeness (QED) is 0.577. The highest BCUT2D eigenvalue weighted by molar-refractivity contribution is 5.83. The third-order valence-corrected chi connectivity index (χ3v) is 3.81. The first kappa shape index (κ1) is 15.7. The van der Waals surface area contributed by atoms with Crippen molar-refractivity contribution in [2.45, 2.75) is 19.5 Å². The third-order valence-electron chi connectivity index (χ3n) is 3.81. The monoisotopic (exact) mass is 324 g/mol.